The van der Waals surface area contributed by atoms with Gasteiger partial charge in [-0.1, -0.05) is 6.92 Å². The second kappa shape index (κ2) is 6.74. The van der Waals surface area contributed by atoms with Gasteiger partial charge in [0.2, 0.25) is 0 Å². The van der Waals surface area contributed by atoms with Crippen molar-refractivity contribution in [2.75, 3.05) is 12.8 Å². The third-order valence-corrected chi connectivity index (χ3v) is 3.54. The number of phenols is 1. The number of rotatable bonds is 2. The molecule has 0 fully saturated rings. The normalized spacial score (nSPS) is 10.0. The van der Waals surface area contributed by atoms with Crippen molar-refractivity contribution in [3.63, 3.8) is 0 Å². The van der Waals surface area contributed by atoms with Gasteiger partial charge in [0.1, 0.15) is 5.75 Å². The molecule has 0 aliphatic rings. The van der Waals surface area contributed by atoms with E-state index in [1.165, 1.54) is 31.3 Å². The fourth-order valence-corrected chi connectivity index (χ4v) is 1.70. The Morgan fingerprint density at radius 1 is 1.29 bits per heavy atom. The van der Waals surface area contributed by atoms with Crippen molar-refractivity contribution in [1.82, 2.24) is 5.32 Å². The standard InChI is InChI=1S/C8H10O3S.C2H5NO2/c1-2-12(10,11)8-5-3-7(9)4-6-8;1-3-2(4)5/h3-6,9H,2H2,1H3;3H,1H3,(H,4,5). The van der Waals surface area contributed by atoms with Gasteiger partial charge < -0.3 is 15.5 Å². The van der Waals surface area contributed by atoms with Gasteiger partial charge in [0.15, 0.2) is 9.84 Å². The molecule has 3 N–H and O–H groups in total. The number of sulfone groups is 1. The van der Waals surface area contributed by atoms with Gasteiger partial charge in [-0.15, -0.1) is 0 Å². The van der Waals surface area contributed by atoms with E-state index >= 15 is 0 Å². The molecule has 0 aromatic heterocycles. The first-order valence-corrected chi connectivity index (χ1v) is 6.41. The Kier molecular flexibility index (Phi) is 6.05. The van der Waals surface area contributed by atoms with Crippen LogP contribution in [0.25, 0.3) is 0 Å². The van der Waals surface area contributed by atoms with Crippen LogP contribution in [-0.4, -0.2) is 37.5 Å². The average molecular weight is 261 g/mol. The fraction of sp³-hybridized carbons (Fsp3) is 0.300. The highest BCUT2D eigenvalue weighted by molar-refractivity contribution is 7.91. The van der Waals surface area contributed by atoms with Crippen LogP contribution in [0, 0.1) is 0 Å². The lowest BCUT2D eigenvalue weighted by Gasteiger charge is -1.99. The summed E-state index contributed by atoms with van der Waals surface area (Å²) in [6.45, 7) is 1.59. The zero-order valence-electron chi connectivity index (χ0n) is 9.54. The SMILES string of the molecule is CCS(=O)(=O)c1ccc(O)cc1.CNC(=O)O. The second-order valence-electron chi connectivity index (χ2n) is 2.95. The summed E-state index contributed by atoms with van der Waals surface area (Å²) in [5, 5.41) is 18.5. The van der Waals surface area contributed by atoms with Gasteiger partial charge in [0.05, 0.1) is 10.6 Å². The lowest BCUT2D eigenvalue weighted by atomic mass is 10.3. The molecule has 0 aliphatic carbocycles. The summed E-state index contributed by atoms with van der Waals surface area (Å²) in [6, 6.07) is 5.52. The number of benzene rings is 1. The summed E-state index contributed by atoms with van der Waals surface area (Å²) < 4.78 is 22.5. The quantitative estimate of drug-likeness (QED) is 0.738. The summed E-state index contributed by atoms with van der Waals surface area (Å²) in [5.74, 6) is 0.155. The van der Waals surface area contributed by atoms with Crippen molar-refractivity contribution in [1.29, 1.82) is 0 Å². The number of carboxylic acid groups (broad SMARTS) is 1. The van der Waals surface area contributed by atoms with Crippen molar-refractivity contribution in [3.05, 3.63) is 24.3 Å². The molecule has 0 saturated heterocycles. The van der Waals surface area contributed by atoms with Gasteiger partial charge in [-0.2, -0.15) is 0 Å². The summed E-state index contributed by atoms with van der Waals surface area (Å²) in [7, 11) is -1.78. The second-order valence-corrected chi connectivity index (χ2v) is 5.23. The van der Waals surface area contributed by atoms with Crippen molar-refractivity contribution in [2.24, 2.45) is 0 Å². The minimum Gasteiger partial charge on any atom is -0.508 e. The molecular formula is C10H15NO5S. The number of amides is 1. The maximum Gasteiger partial charge on any atom is 0.404 e. The van der Waals surface area contributed by atoms with E-state index < -0.39 is 15.9 Å². The molecule has 17 heavy (non-hydrogen) atoms. The van der Waals surface area contributed by atoms with Crippen LogP contribution in [0.2, 0.25) is 0 Å². The van der Waals surface area contributed by atoms with Gasteiger partial charge in [0, 0.05) is 7.05 Å². The lowest BCUT2D eigenvalue weighted by molar-refractivity contribution is 0.197. The van der Waals surface area contributed by atoms with Crippen LogP contribution in [0.1, 0.15) is 6.92 Å². The zero-order valence-corrected chi connectivity index (χ0v) is 10.4. The van der Waals surface area contributed by atoms with Crippen molar-refractivity contribution >= 4 is 15.9 Å². The Balaban J connectivity index is 0.000000437. The predicted octanol–water partition coefficient (Wildman–Crippen LogP) is 1.07. The Hall–Kier alpha value is -1.76. The Labute approximate surface area is 99.8 Å². The average Bonchev–Trinajstić information content (AvgIpc) is 2.30. The molecule has 1 aromatic rings. The molecule has 6 nitrogen and oxygen atoms in total. The Morgan fingerprint density at radius 3 is 2.00 bits per heavy atom. The summed E-state index contributed by atoms with van der Waals surface area (Å²) in [5.41, 5.74) is 0. The van der Waals surface area contributed by atoms with Crippen LogP contribution in [-0.2, 0) is 9.84 Å². The Morgan fingerprint density at radius 2 is 1.71 bits per heavy atom. The van der Waals surface area contributed by atoms with Crippen molar-refractivity contribution < 1.29 is 23.4 Å². The molecule has 0 unspecified atom stereocenters. The molecule has 7 heteroatoms. The number of hydrogen-bond acceptors (Lipinski definition) is 4. The number of hydrogen-bond donors (Lipinski definition) is 3. The monoisotopic (exact) mass is 261 g/mol. The highest BCUT2D eigenvalue weighted by Crippen LogP contribution is 2.15. The highest BCUT2D eigenvalue weighted by Gasteiger charge is 2.09. The topological polar surface area (TPSA) is 104 Å². The van der Waals surface area contributed by atoms with Gasteiger partial charge in [-0.3, -0.25) is 0 Å². The maximum absolute atomic E-state index is 11.2. The number of nitrogens with one attached hydrogen (secondary N) is 1. The van der Waals surface area contributed by atoms with Gasteiger partial charge in [-0.25, -0.2) is 13.2 Å². The van der Waals surface area contributed by atoms with E-state index in [1.54, 1.807) is 6.92 Å². The molecule has 0 radical (unpaired) electrons. The molecule has 0 heterocycles. The zero-order chi connectivity index (χ0) is 13.5. The van der Waals surface area contributed by atoms with E-state index in [1.807, 2.05) is 5.32 Å². The first-order chi connectivity index (χ1) is 7.83. The lowest BCUT2D eigenvalue weighted by Crippen LogP contribution is -2.13. The van der Waals surface area contributed by atoms with Crippen LogP contribution in [0.4, 0.5) is 4.79 Å². The van der Waals surface area contributed by atoms with Crippen LogP contribution in [0.3, 0.4) is 0 Å². The molecule has 0 spiro atoms. The third kappa shape index (κ3) is 5.76. The van der Waals surface area contributed by atoms with Gasteiger partial charge in [-0.05, 0) is 24.3 Å². The first-order valence-electron chi connectivity index (χ1n) is 4.76. The molecule has 0 bridgehead atoms. The Bertz CT molecular complexity index is 452. The minimum absolute atomic E-state index is 0.0741. The smallest absolute Gasteiger partial charge is 0.404 e. The summed E-state index contributed by atoms with van der Waals surface area (Å²) in [4.78, 5) is 9.51. The van der Waals surface area contributed by atoms with Crippen molar-refractivity contribution in [2.45, 2.75) is 11.8 Å². The molecule has 0 atom stereocenters. The summed E-state index contributed by atoms with van der Waals surface area (Å²) >= 11 is 0. The predicted molar refractivity (Wildman–Crippen MR) is 62.9 cm³/mol. The fourth-order valence-electron chi connectivity index (χ4n) is 0.820. The van der Waals surface area contributed by atoms with E-state index in [0.717, 1.165) is 0 Å². The number of aromatic hydroxyl groups is 1. The van der Waals surface area contributed by atoms with Gasteiger partial charge >= 0.3 is 6.09 Å². The van der Waals surface area contributed by atoms with Crippen LogP contribution < -0.4 is 5.32 Å². The van der Waals surface area contributed by atoms with Crippen LogP contribution >= 0.6 is 0 Å². The number of carbonyl (C=O) groups is 1. The van der Waals surface area contributed by atoms with Crippen LogP contribution in [0.5, 0.6) is 5.75 Å². The van der Waals surface area contributed by atoms with E-state index in [4.69, 9.17) is 10.2 Å². The molecule has 1 aromatic carbocycles. The van der Waals surface area contributed by atoms with E-state index in [0.29, 0.717) is 0 Å². The largest absolute Gasteiger partial charge is 0.508 e. The molecule has 1 rings (SSSR count). The van der Waals surface area contributed by atoms with Gasteiger partial charge in [0.25, 0.3) is 0 Å². The van der Waals surface area contributed by atoms with Crippen molar-refractivity contribution in [3.8, 4) is 5.75 Å². The van der Waals surface area contributed by atoms with Crippen LogP contribution in [0.15, 0.2) is 29.2 Å². The molecule has 96 valence electrons. The third-order valence-electron chi connectivity index (χ3n) is 1.79. The minimum atomic E-state index is -3.13. The molecular weight excluding hydrogens is 246 g/mol. The van der Waals surface area contributed by atoms with E-state index in [-0.39, 0.29) is 16.4 Å². The number of phenolic OH excluding ortho intramolecular Hbond substituents is 1. The highest BCUT2D eigenvalue weighted by atomic mass is 32.2. The molecule has 1 amide bonds. The molecule has 0 saturated carbocycles. The maximum atomic E-state index is 11.2. The van der Waals surface area contributed by atoms with E-state index in [2.05, 4.69) is 0 Å². The van der Waals surface area contributed by atoms with E-state index in [9.17, 15) is 13.2 Å². The molecule has 0 aliphatic heterocycles. The first kappa shape index (κ1) is 15.2. The summed E-state index contributed by atoms with van der Waals surface area (Å²) in [6.07, 6.45) is -0.995.